The number of ether oxygens (including phenoxy) is 4. The van der Waals surface area contributed by atoms with Crippen LogP contribution >= 0.6 is 0 Å². The molecule has 2 amide bonds. The second-order valence-electron chi connectivity index (χ2n) is 14.7. The topological polar surface area (TPSA) is 177 Å². The first kappa shape index (κ1) is 53.3. The Balaban J connectivity index is 3.36. The van der Waals surface area contributed by atoms with Crippen molar-refractivity contribution in [1.82, 2.24) is 21.3 Å². The maximum absolute atomic E-state index is 12.3. The molecule has 0 bridgehead atoms. The van der Waals surface area contributed by atoms with Crippen LogP contribution in [0.2, 0.25) is 0 Å². The third-order valence-corrected chi connectivity index (χ3v) is 9.44. The highest BCUT2D eigenvalue weighted by Gasteiger charge is 2.11. The summed E-state index contributed by atoms with van der Waals surface area (Å²) in [6.07, 6.45) is 24.2. The lowest BCUT2D eigenvalue weighted by atomic mass is 10.0. The Labute approximate surface area is 334 Å². The number of hydrogen-bond donors (Lipinski definition) is 6. The monoisotopic (exact) mass is 789 g/mol. The van der Waals surface area contributed by atoms with Gasteiger partial charge >= 0.3 is 0 Å². The van der Waals surface area contributed by atoms with Crippen LogP contribution in [0.4, 0.5) is 0 Å². The highest BCUT2D eigenvalue weighted by atomic mass is 16.5. The summed E-state index contributed by atoms with van der Waals surface area (Å²) in [7, 11) is 0. The molecule has 0 saturated carbocycles. The molecule has 0 spiro atoms. The lowest BCUT2D eigenvalue weighted by molar-refractivity contribution is -0.126. The van der Waals surface area contributed by atoms with E-state index < -0.39 is 0 Å². The van der Waals surface area contributed by atoms with Gasteiger partial charge in [0.05, 0.1) is 58.9 Å². The summed E-state index contributed by atoms with van der Waals surface area (Å²) in [5.41, 5.74) is 0. The van der Waals surface area contributed by atoms with Gasteiger partial charge in [0.1, 0.15) is 12.9 Å². The van der Waals surface area contributed by atoms with E-state index in [4.69, 9.17) is 24.1 Å². The Morgan fingerprint density at radius 1 is 0.527 bits per heavy atom. The van der Waals surface area contributed by atoms with Crippen LogP contribution in [0.25, 0.3) is 0 Å². The van der Waals surface area contributed by atoms with Crippen LogP contribution in [-0.4, -0.2) is 133 Å². The molecule has 55 heavy (non-hydrogen) atoms. The number of unbranched alkanes of at least 4 members (excludes halogenated alkanes) is 15. The summed E-state index contributed by atoms with van der Waals surface area (Å²) in [6.45, 7) is 9.41. The van der Waals surface area contributed by atoms with Crippen molar-refractivity contribution in [3.63, 3.8) is 0 Å². The second-order valence-corrected chi connectivity index (χ2v) is 14.7. The zero-order valence-corrected chi connectivity index (χ0v) is 34.9. The summed E-state index contributed by atoms with van der Waals surface area (Å²) >= 11 is 0. The van der Waals surface area contributed by atoms with E-state index in [1.54, 1.807) is 0 Å². The quantitative estimate of drug-likeness (QED) is 0.0368. The third kappa shape index (κ3) is 43.3. The number of carbonyl (C=O) groups excluding carboxylic acids is 3. The number of rotatable bonds is 46. The Morgan fingerprint density at radius 2 is 1.02 bits per heavy atom. The van der Waals surface area contributed by atoms with Crippen LogP contribution in [0, 0.1) is 5.92 Å². The number of nitrogens with one attached hydrogen (secondary N) is 4. The number of carbonyl (C=O) groups is 3. The van der Waals surface area contributed by atoms with E-state index in [0.29, 0.717) is 72.4 Å². The minimum Gasteiger partial charge on any atom is -0.396 e. The fourth-order valence-corrected chi connectivity index (χ4v) is 6.01. The van der Waals surface area contributed by atoms with Crippen LogP contribution in [0.5, 0.6) is 0 Å². The largest absolute Gasteiger partial charge is 0.396 e. The van der Waals surface area contributed by atoms with Crippen LogP contribution in [0.1, 0.15) is 142 Å². The predicted octanol–water partition coefficient (Wildman–Crippen LogP) is 4.84. The number of amides is 2. The number of aldehydes is 1. The highest BCUT2D eigenvalue weighted by Crippen LogP contribution is 2.14. The Kier molecular flexibility index (Phi) is 43.6. The molecule has 0 fully saturated rings. The summed E-state index contributed by atoms with van der Waals surface area (Å²) < 4.78 is 22.0. The summed E-state index contributed by atoms with van der Waals surface area (Å²) in [4.78, 5) is 34.6. The molecule has 0 aromatic carbocycles. The second kappa shape index (κ2) is 45.0. The van der Waals surface area contributed by atoms with Gasteiger partial charge in [0, 0.05) is 45.1 Å². The van der Waals surface area contributed by atoms with E-state index in [1.165, 1.54) is 77.0 Å². The van der Waals surface area contributed by atoms with Crippen LogP contribution < -0.4 is 21.3 Å². The fraction of sp³-hybridized carbons (Fsp3) is 0.929. The molecule has 6 N–H and O–H groups in total. The smallest absolute Gasteiger partial charge is 0.245 e. The Morgan fingerprint density at radius 3 is 1.53 bits per heavy atom. The summed E-state index contributed by atoms with van der Waals surface area (Å²) in [6, 6.07) is -0.187. The molecule has 0 aliphatic rings. The molecular weight excluding hydrogens is 704 g/mol. The van der Waals surface area contributed by atoms with Crippen molar-refractivity contribution >= 4 is 18.1 Å². The molecule has 0 heterocycles. The van der Waals surface area contributed by atoms with E-state index in [-0.39, 0.29) is 37.0 Å². The van der Waals surface area contributed by atoms with Gasteiger partial charge in [-0.25, -0.2) is 0 Å². The first-order chi connectivity index (χ1) is 27.0. The van der Waals surface area contributed by atoms with Crippen molar-refractivity contribution in [2.75, 3.05) is 98.8 Å². The summed E-state index contributed by atoms with van der Waals surface area (Å²) in [5, 5.41) is 30.9. The van der Waals surface area contributed by atoms with Gasteiger partial charge in [-0.05, 0) is 45.1 Å². The van der Waals surface area contributed by atoms with Crippen LogP contribution in [0.15, 0.2) is 0 Å². The van der Waals surface area contributed by atoms with E-state index >= 15 is 0 Å². The van der Waals surface area contributed by atoms with Gasteiger partial charge in [-0.1, -0.05) is 96.8 Å². The fourth-order valence-electron chi connectivity index (χ4n) is 6.01. The van der Waals surface area contributed by atoms with Crippen molar-refractivity contribution in [2.24, 2.45) is 5.92 Å². The number of aliphatic hydroxyl groups excluding tert-OH is 2. The molecule has 0 aliphatic heterocycles. The molecule has 13 nitrogen and oxygen atoms in total. The minimum atomic E-state index is -0.187. The van der Waals surface area contributed by atoms with Gasteiger partial charge in [-0.15, -0.1) is 0 Å². The molecule has 2 atom stereocenters. The van der Waals surface area contributed by atoms with Crippen molar-refractivity contribution in [3.05, 3.63) is 0 Å². The predicted molar refractivity (Wildman–Crippen MR) is 220 cm³/mol. The minimum absolute atomic E-state index is 0.0228. The SMILES string of the molecule is C[C@H](C=O)CCCCNC(=O)COCCOCCNCCOCCOCCNCCC[C@@H](CO)NC(=O)CCCCCCCCCCCCCCCCCO. The Bertz CT molecular complexity index is 828. The molecule has 326 valence electrons. The Hall–Kier alpha value is -1.71. The molecule has 0 aliphatic carbocycles. The van der Waals surface area contributed by atoms with Crippen LogP contribution in [-0.2, 0) is 33.3 Å². The molecule has 0 saturated heterocycles. The normalized spacial score (nSPS) is 12.5. The molecule has 0 aromatic rings. The zero-order valence-electron chi connectivity index (χ0n) is 34.9. The molecule has 0 unspecified atom stereocenters. The van der Waals surface area contributed by atoms with Gasteiger partial charge in [0.25, 0.3) is 0 Å². The van der Waals surface area contributed by atoms with Crippen molar-refractivity contribution in [3.8, 4) is 0 Å². The molecular formula is C42H84N4O9. The first-order valence-electron chi connectivity index (χ1n) is 22.0. The van der Waals surface area contributed by atoms with Gasteiger partial charge in [-0.2, -0.15) is 0 Å². The first-order valence-corrected chi connectivity index (χ1v) is 22.0. The maximum atomic E-state index is 12.3. The van der Waals surface area contributed by atoms with Crippen molar-refractivity contribution < 1.29 is 43.5 Å². The van der Waals surface area contributed by atoms with E-state index in [1.807, 2.05) is 6.92 Å². The van der Waals surface area contributed by atoms with Gasteiger partial charge < -0.3 is 55.2 Å². The zero-order chi connectivity index (χ0) is 40.1. The number of aliphatic hydroxyl groups is 2. The lowest BCUT2D eigenvalue weighted by Gasteiger charge is -2.16. The van der Waals surface area contributed by atoms with Crippen molar-refractivity contribution in [1.29, 1.82) is 0 Å². The lowest BCUT2D eigenvalue weighted by Crippen LogP contribution is -2.38. The molecule has 0 radical (unpaired) electrons. The standard InChI is InChI=1S/C42H84N4O9/c1-39(36-48)20-16-17-24-45-42(51)38-55-35-34-54-31-27-44-26-30-53-33-32-52-29-25-43-23-19-21-40(37-49)46-41(50)22-15-13-11-9-7-5-3-2-4-6-8-10-12-14-18-28-47/h36,39-40,43-44,47,49H,2-35,37-38H2,1H3,(H,45,51)(H,46,50)/t39-,40-/m0/s1. The van der Waals surface area contributed by atoms with Gasteiger partial charge in [0.2, 0.25) is 11.8 Å². The maximum Gasteiger partial charge on any atom is 0.245 e. The average Bonchev–Trinajstić information content (AvgIpc) is 3.19. The van der Waals surface area contributed by atoms with E-state index in [0.717, 1.165) is 77.3 Å². The van der Waals surface area contributed by atoms with E-state index in [9.17, 15) is 19.5 Å². The highest BCUT2D eigenvalue weighted by molar-refractivity contribution is 5.77. The van der Waals surface area contributed by atoms with E-state index in [2.05, 4.69) is 21.3 Å². The number of hydrogen-bond acceptors (Lipinski definition) is 11. The molecule has 0 rings (SSSR count). The average molecular weight is 789 g/mol. The van der Waals surface area contributed by atoms with Crippen LogP contribution in [0.3, 0.4) is 0 Å². The molecule has 13 heteroatoms. The summed E-state index contributed by atoms with van der Waals surface area (Å²) in [5.74, 6) is -0.0146. The van der Waals surface area contributed by atoms with Gasteiger partial charge in [-0.3, -0.25) is 9.59 Å². The molecule has 0 aromatic heterocycles. The van der Waals surface area contributed by atoms with Crippen molar-refractivity contribution in [2.45, 2.75) is 148 Å². The third-order valence-electron chi connectivity index (χ3n) is 9.44. The van der Waals surface area contributed by atoms with Gasteiger partial charge in [0.15, 0.2) is 0 Å².